The Labute approximate surface area is 186 Å². The largest absolute Gasteiger partial charge is 0.368 e. The second-order valence-corrected chi connectivity index (χ2v) is 7.83. The van der Waals surface area contributed by atoms with E-state index in [9.17, 15) is 14.0 Å². The van der Waals surface area contributed by atoms with Crippen molar-refractivity contribution in [3.63, 3.8) is 0 Å². The lowest BCUT2D eigenvalue weighted by molar-refractivity contribution is -0.116. The highest BCUT2D eigenvalue weighted by molar-refractivity contribution is 5.95. The summed E-state index contributed by atoms with van der Waals surface area (Å²) in [6, 6.07) is 17.8. The Morgan fingerprint density at radius 3 is 2.38 bits per heavy atom. The van der Waals surface area contributed by atoms with Gasteiger partial charge < -0.3 is 15.1 Å². The quantitative estimate of drug-likeness (QED) is 0.646. The SMILES string of the molecule is Cn1nc(C(=O)N2CCN(c3ccc(F)cc3)CC2)cc1NC(=O)CCc1ccccc1. The molecule has 2 heterocycles. The lowest BCUT2D eigenvalue weighted by Crippen LogP contribution is -2.48. The molecule has 1 aliphatic heterocycles. The Hall–Kier alpha value is -3.68. The first-order valence-corrected chi connectivity index (χ1v) is 10.7. The maximum atomic E-state index is 13.1. The van der Waals surface area contributed by atoms with Gasteiger partial charge in [0.15, 0.2) is 5.69 Å². The predicted octanol–water partition coefficient (Wildman–Crippen LogP) is 3.09. The number of rotatable bonds is 6. The minimum atomic E-state index is -0.263. The Balaban J connectivity index is 1.31. The van der Waals surface area contributed by atoms with Crippen LogP contribution >= 0.6 is 0 Å². The minimum Gasteiger partial charge on any atom is -0.368 e. The number of piperazine rings is 1. The van der Waals surface area contributed by atoms with Crippen LogP contribution in [0.25, 0.3) is 0 Å². The zero-order chi connectivity index (χ0) is 22.5. The molecular weight excluding hydrogens is 409 g/mol. The number of carbonyl (C=O) groups is 2. The van der Waals surface area contributed by atoms with Gasteiger partial charge in [-0.1, -0.05) is 30.3 Å². The normalized spacial score (nSPS) is 13.8. The monoisotopic (exact) mass is 435 g/mol. The van der Waals surface area contributed by atoms with Gasteiger partial charge in [-0.2, -0.15) is 5.10 Å². The van der Waals surface area contributed by atoms with E-state index in [0.717, 1.165) is 11.3 Å². The van der Waals surface area contributed by atoms with E-state index >= 15 is 0 Å². The molecule has 0 saturated carbocycles. The fraction of sp³-hybridized carbons (Fsp3) is 0.292. The van der Waals surface area contributed by atoms with Gasteiger partial charge >= 0.3 is 0 Å². The zero-order valence-electron chi connectivity index (χ0n) is 18.0. The van der Waals surface area contributed by atoms with Crippen LogP contribution in [0.1, 0.15) is 22.5 Å². The zero-order valence-corrected chi connectivity index (χ0v) is 18.0. The van der Waals surface area contributed by atoms with Crippen molar-refractivity contribution in [3.8, 4) is 0 Å². The fourth-order valence-corrected chi connectivity index (χ4v) is 3.78. The van der Waals surface area contributed by atoms with E-state index in [0.29, 0.717) is 50.5 Å². The highest BCUT2D eigenvalue weighted by Crippen LogP contribution is 2.19. The number of aromatic nitrogens is 2. The molecule has 0 bridgehead atoms. The average Bonchev–Trinajstić information content (AvgIpc) is 3.18. The van der Waals surface area contributed by atoms with Crippen molar-refractivity contribution in [1.82, 2.24) is 14.7 Å². The summed E-state index contributed by atoms with van der Waals surface area (Å²) in [6.07, 6.45) is 0.998. The van der Waals surface area contributed by atoms with E-state index in [1.807, 2.05) is 30.3 Å². The van der Waals surface area contributed by atoms with Crippen LogP contribution < -0.4 is 10.2 Å². The van der Waals surface area contributed by atoms with E-state index in [1.165, 1.54) is 16.8 Å². The molecule has 1 N–H and O–H groups in total. The standard InChI is InChI=1S/C24H26FN5O2/c1-28-22(26-23(31)12-7-18-5-3-2-4-6-18)17-21(27-28)24(32)30-15-13-29(14-16-30)20-10-8-19(25)9-11-20/h2-6,8-11,17H,7,12-16H2,1H3,(H,26,31). The van der Waals surface area contributed by atoms with Crippen LogP contribution in [0, 0.1) is 5.82 Å². The third-order valence-corrected chi connectivity index (χ3v) is 5.61. The number of nitrogens with one attached hydrogen (secondary N) is 1. The molecule has 8 heteroatoms. The number of hydrogen-bond donors (Lipinski definition) is 1. The minimum absolute atomic E-state index is 0.122. The topological polar surface area (TPSA) is 70.5 Å². The summed E-state index contributed by atoms with van der Waals surface area (Å²) in [5, 5.41) is 7.14. The number of anilines is 2. The van der Waals surface area contributed by atoms with Crippen LogP contribution in [0.5, 0.6) is 0 Å². The molecule has 1 aliphatic rings. The summed E-state index contributed by atoms with van der Waals surface area (Å²) in [7, 11) is 1.70. The molecule has 2 amide bonds. The van der Waals surface area contributed by atoms with Crippen molar-refractivity contribution in [3.05, 3.63) is 77.7 Å². The summed E-state index contributed by atoms with van der Waals surface area (Å²) in [5.41, 5.74) is 2.35. The van der Waals surface area contributed by atoms with E-state index < -0.39 is 0 Å². The van der Waals surface area contributed by atoms with Crippen molar-refractivity contribution >= 4 is 23.3 Å². The van der Waals surface area contributed by atoms with Crippen molar-refractivity contribution in [1.29, 1.82) is 0 Å². The van der Waals surface area contributed by atoms with E-state index in [-0.39, 0.29) is 17.6 Å². The van der Waals surface area contributed by atoms with E-state index in [2.05, 4.69) is 15.3 Å². The molecule has 0 spiro atoms. The molecule has 3 aromatic rings. The van der Waals surface area contributed by atoms with Gasteiger partial charge in [-0.3, -0.25) is 14.3 Å². The fourth-order valence-electron chi connectivity index (χ4n) is 3.78. The molecule has 0 atom stereocenters. The lowest BCUT2D eigenvalue weighted by Gasteiger charge is -2.35. The Bertz CT molecular complexity index is 1070. The summed E-state index contributed by atoms with van der Waals surface area (Å²) in [4.78, 5) is 29.1. The summed E-state index contributed by atoms with van der Waals surface area (Å²) in [5.74, 6) is -0.0510. The number of hydrogen-bond acceptors (Lipinski definition) is 4. The van der Waals surface area contributed by atoms with Crippen molar-refractivity contribution in [2.24, 2.45) is 7.05 Å². The summed E-state index contributed by atoms with van der Waals surface area (Å²) >= 11 is 0. The second kappa shape index (κ2) is 9.64. The second-order valence-electron chi connectivity index (χ2n) is 7.83. The molecule has 166 valence electrons. The van der Waals surface area contributed by atoms with Crippen LogP contribution in [0.15, 0.2) is 60.7 Å². The molecule has 1 saturated heterocycles. The van der Waals surface area contributed by atoms with Crippen molar-refractivity contribution in [2.75, 3.05) is 36.4 Å². The van der Waals surface area contributed by atoms with Crippen molar-refractivity contribution < 1.29 is 14.0 Å². The van der Waals surface area contributed by atoms with Gasteiger partial charge in [0, 0.05) is 51.4 Å². The Morgan fingerprint density at radius 2 is 1.69 bits per heavy atom. The van der Waals surface area contributed by atoms with Crippen LogP contribution in [-0.4, -0.2) is 52.7 Å². The van der Waals surface area contributed by atoms with Crippen LogP contribution in [0.2, 0.25) is 0 Å². The summed E-state index contributed by atoms with van der Waals surface area (Å²) in [6.45, 7) is 2.41. The number of nitrogens with zero attached hydrogens (tertiary/aromatic N) is 4. The molecule has 32 heavy (non-hydrogen) atoms. The molecule has 0 radical (unpaired) electrons. The van der Waals surface area contributed by atoms with Gasteiger partial charge in [0.05, 0.1) is 0 Å². The molecular formula is C24H26FN5O2. The maximum Gasteiger partial charge on any atom is 0.274 e. The van der Waals surface area contributed by atoms with E-state index in [4.69, 9.17) is 0 Å². The van der Waals surface area contributed by atoms with Gasteiger partial charge in [0.1, 0.15) is 11.6 Å². The van der Waals surface area contributed by atoms with Gasteiger partial charge in [0.25, 0.3) is 5.91 Å². The van der Waals surface area contributed by atoms with Crippen LogP contribution in [-0.2, 0) is 18.3 Å². The molecule has 4 rings (SSSR count). The first kappa shape index (κ1) is 21.5. The van der Waals surface area contributed by atoms with Crippen LogP contribution in [0.4, 0.5) is 15.9 Å². The molecule has 1 aromatic heterocycles. The molecule has 0 aliphatic carbocycles. The number of amides is 2. The number of benzene rings is 2. The number of carbonyl (C=O) groups excluding carboxylic acids is 2. The highest BCUT2D eigenvalue weighted by atomic mass is 19.1. The first-order valence-electron chi connectivity index (χ1n) is 10.7. The number of aryl methyl sites for hydroxylation is 2. The molecule has 7 nitrogen and oxygen atoms in total. The average molecular weight is 436 g/mol. The predicted molar refractivity (Wildman–Crippen MR) is 121 cm³/mol. The smallest absolute Gasteiger partial charge is 0.274 e. The van der Waals surface area contributed by atoms with Crippen LogP contribution in [0.3, 0.4) is 0 Å². The van der Waals surface area contributed by atoms with Crippen molar-refractivity contribution in [2.45, 2.75) is 12.8 Å². The van der Waals surface area contributed by atoms with Gasteiger partial charge in [-0.25, -0.2) is 4.39 Å². The highest BCUT2D eigenvalue weighted by Gasteiger charge is 2.25. The first-order chi connectivity index (χ1) is 15.5. The third-order valence-electron chi connectivity index (χ3n) is 5.61. The summed E-state index contributed by atoms with van der Waals surface area (Å²) < 4.78 is 14.7. The van der Waals surface area contributed by atoms with E-state index in [1.54, 1.807) is 30.1 Å². The molecule has 1 fully saturated rings. The molecule has 0 unspecified atom stereocenters. The van der Waals surface area contributed by atoms with Gasteiger partial charge in [-0.15, -0.1) is 0 Å². The molecule has 2 aromatic carbocycles. The number of halogens is 1. The maximum absolute atomic E-state index is 13.1. The lowest BCUT2D eigenvalue weighted by atomic mass is 10.1. The third kappa shape index (κ3) is 5.14. The van der Waals surface area contributed by atoms with Gasteiger partial charge in [0.2, 0.25) is 5.91 Å². The van der Waals surface area contributed by atoms with Gasteiger partial charge in [-0.05, 0) is 36.2 Å². The Morgan fingerprint density at radius 1 is 1.00 bits per heavy atom. The Kier molecular flexibility index (Phi) is 6.49.